The Morgan fingerprint density at radius 1 is 1.44 bits per heavy atom. The average Bonchev–Trinajstić information content (AvgIpc) is 2.34. The second kappa shape index (κ2) is 4.42. The molecule has 2 aliphatic heterocycles. The van der Waals surface area contributed by atoms with Crippen LogP contribution in [0.1, 0.15) is 18.4 Å². The van der Waals surface area contributed by atoms with E-state index in [1.165, 1.54) is 17.8 Å². The highest BCUT2D eigenvalue weighted by Crippen LogP contribution is 2.48. The topological polar surface area (TPSA) is 47.6 Å². The molecule has 0 saturated carbocycles. The molecule has 3 nitrogen and oxygen atoms in total. The number of nitrogens with two attached hydrogens (primary N) is 1. The molecule has 2 aliphatic rings. The van der Waals surface area contributed by atoms with Crippen LogP contribution >= 0.6 is 27.7 Å². The number of thioether (sulfide) groups is 1. The number of halogens is 2. The number of ether oxygens (including phenoxy) is 1. The highest BCUT2D eigenvalue weighted by atomic mass is 79.9. The second-order valence-corrected chi connectivity index (χ2v) is 6.38. The third-order valence-electron chi connectivity index (χ3n) is 3.38. The SMILES string of the molecule is NC1=NC2(CCOc3c(Br)ccc(F)c32)CCS1. The summed E-state index contributed by atoms with van der Waals surface area (Å²) >= 11 is 4.93. The molecule has 96 valence electrons. The summed E-state index contributed by atoms with van der Waals surface area (Å²) in [6.45, 7) is 0.538. The Morgan fingerprint density at radius 3 is 3.06 bits per heavy atom. The van der Waals surface area contributed by atoms with Gasteiger partial charge in [-0.3, -0.25) is 4.99 Å². The monoisotopic (exact) mass is 330 g/mol. The lowest BCUT2D eigenvalue weighted by atomic mass is 9.82. The number of aliphatic imine (C=N–C) groups is 1. The first-order valence-electron chi connectivity index (χ1n) is 5.72. The van der Waals surface area contributed by atoms with Gasteiger partial charge in [-0.1, -0.05) is 11.8 Å². The van der Waals surface area contributed by atoms with Crippen LogP contribution in [0.15, 0.2) is 21.6 Å². The van der Waals surface area contributed by atoms with Crippen molar-refractivity contribution < 1.29 is 9.13 Å². The smallest absolute Gasteiger partial charge is 0.154 e. The molecular formula is C12H12BrFN2OS. The molecule has 0 radical (unpaired) electrons. The van der Waals surface area contributed by atoms with E-state index < -0.39 is 5.54 Å². The second-order valence-electron chi connectivity index (χ2n) is 4.41. The summed E-state index contributed by atoms with van der Waals surface area (Å²) in [7, 11) is 0. The molecule has 2 N–H and O–H groups in total. The molecule has 1 aromatic carbocycles. The van der Waals surface area contributed by atoms with Gasteiger partial charge in [-0.2, -0.15) is 0 Å². The van der Waals surface area contributed by atoms with Crippen LogP contribution in [0.25, 0.3) is 0 Å². The Kier molecular flexibility index (Phi) is 3.02. The van der Waals surface area contributed by atoms with Crippen LogP contribution in [0.5, 0.6) is 5.75 Å². The van der Waals surface area contributed by atoms with Crippen molar-refractivity contribution in [3.63, 3.8) is 0 Å². The van der Waals surface area contributed by atoms with Crippen molar-refractivity contribution in [1.29, 1.82) is 0 Å². The standard InChI is InChI=1S/C12H12BrFN2OS/c13-7-1-2-8(14)9-10(7)17-5-3-12(9)4-6-18-11(15)16-12/h1-2H,3-6H2,(H2,15,16). The molecular weight excluding hydrogens is 319 g/mol. The number of hydrogen-bond acceptors (Lipinski definition) is 4. The van der Waals surface area contributed by atoms with E-state index in [-0.39, 0.29) is 5.82 Å². The predicted octanol–water partition coefficient (Wildman–Crippen LogP) is 3.02. The number of fused-ring (bicyclic) bond motifs is 2. The molecule has 6 heteroatoms. The Morgan fingerprint density at radius 2 is 2.28 bits per heavy atom. The Bertz CT molecular complexity index is 537. The zero-order chi connectivity index (χ0) is 12.8. The summed E-state index contributed by atoms with van der Waals surface area (Å²) in [4.78, 5) is 4.53. The van der Waals surface area contributed by atoms with Crippen LogP contribution in [0.2, 0.25) is 0 Å². The van der Waals surface area contributed by atoms with Crippen molar-refractivity contribution in [2.45, 2.75) is 18.4 Å². The van der Waals surface area contributed by atoms with E-state index in [9.17, 15) is 4.39 Å². The number of amidine groups is 1. The van der Waals surface area contributed by atoms with Gasteiger partial charge in [-0.15, -0.1) is 0 Å². The van der Waals surface area contributed by atoms with E-state index in [0.29, 0.717) is 29.5 Å². The summed E-state index contributed by atoms with van der Waals surface area (Å²) in [6.07, 6.45) is 1.47. The first kappa shape index (κ1) is 12.3. The molecule has 0 aromatic heterocycles. The fraction of sp³-hybridized carbons (Fsp3) is 0.417. The van der Waals surface area contributed by atoms with Gasteiger partial charge in [0.15, 0.2) is 5.17 Å². The molecule has 1 unspecified atom stereocenters. The lowest BCUT2D eigenvalue weighted by Crippen LogP contribution is -2.37. The van der Waals surface area contributed by atoms with Crippen LogP contribution in [-0.2, 0) is 5.54 Å². The van der Waals surface area contributed by atoms with Gasteiger partial charge in [0.25, 0.3) is 0 Å². The molecule has 1 atom stereocenters. The van der Waals surface area contributed by atoms with Crippen molar-refractivity contribution >= 4 is 32.9 Å². The molecule has 0 saturated heterocycles. The van der Waals surface area contributed by atoms with Gasteiger partial charge in [0.2, 0.25) is 0 Å². The van der Waals surface area contributed by atoms with E-state index in [1.54, 1.807) is 6.07 Å². The van der Waals surface area contributed by atoms with Crippen LogP contribution in [0.4, 0.5) is 4.39 Å². The maximum absolute atomic E-state index is 14.2. The maximum Gasteiger partial charge on any atom is 0.154 e. The van der Waals surface area contributed by atoms with Crippen molar-refractivity contribution in [2.75, 3.05) is 12.4 Å². The number of nitrogens with zero attached hydrogens (tertiary/aromatic N) is 1. The van der Waals surface area contributed by atoms with Gasteiger partial charge < -0.3 is 10.5 Å². The zero-order valence-corrected chi connectivity index (χ0v) is 12.0. The van der Waals surface area contributed by atoms with E-state index in [0.717, 1.165) is 16.6 Å². The van der Waals surface area contributed by atoms with Gasteiger partial charge in [0, 0.05) is 12.2 Å². The quantitative estimate of drug-likeness (QED) is 0.795. The first-order valence-corrected chi connectivity index (χ1v) is 7.50. The van der Waals surface area contributed by atoms with E-state index in [4.69, 9.17) is 10.5 Å². The first-order chi connectivity index (χ1) is 8.62. The third kappa shape index (κ3) is 1.82. The highest BCUT2D eigenvalue weighted by molar-refractivity contribution is 9.10. The van der Waals surface area contributed by atoms with Crippen molar-refractivity contribution in [3.05, 3.63) is 28.0 Å². The van der Waals surface area contributed by atoms with Crippen LogP contribution < -0.4 is 10.5 Å². The van der Waals surface area contributed by atoms with E-state index in [1.807, 2.05) is 0 Å². The fourth-order valence-electron chi connectivity index (χ4n) is 2.54. The number of benzene rings is 1. The molecule has 3 rings (SSSR count). The Labute approximate surface area is 117 Å². The lowest BCUT2D eigenvalue weighted by Gasteiger charge is -2.38. The maximum atomic E-state index is 14.2. The van der Waals surface area contributed by atoms with Crippen molar-refractivity contribution in [3.8, 4) is 5.75 Å². The van der Waals surface area contributed by atoms with Gasteiger partial charge in [0.1, 0.15) is 11.6 Å². The zero-order valence-electron chi connectivity index (χ0n) is 9.58. The highest BCUT2D eigenvalue weighted by Gasteiger charge is 2.42. The molecule has 1 aromatic rings. The minimum absolute atomic E-state index is 0.267. The summed E-state index contributed by atoms with van der Waals surface area (Å²) in [5.74, 6) is 1.17. The van der Waals surface area contributed by atoms with E-state index in [2.05, 4.69) is 20.9 Å². The molecule has 1 spiro atoms. The van der Waals surface area contributed by atoms with Crippen LogP contribution in [-0.4, -0.2) is 17.5 Å². The fourth-order valence-corrected chi connectivity index (χ4v) is 3.87. The average molecular weight is 331 g/mol. The van der Waals surface area contributed by atoms with Crippen LogP contribution in [0.3, 0.4) is 0 Å². The predicted molar refractivity (Wildman–Crippen MR) is 74.6 cm³/mol. The van der Waals surface area contributed by atoms with Gasteiger partial charge in [0.05, 0.1) is 22.2 Å². The molecule has 0 fully saturated rings. The minimum Gasteiger partial charge on any atom is -0.492 e. The summed E-state index contributed by atoms with van der Waals surface area (Å²) in [6, 6.07) is 3.12. The third-order valence-corrected chi connectivity index (χ3v) is 4.80. The van der Waals surface area contributed by atoms with Gasteiger partial charge >= 0.3 is 0 Å². The molecule has 0 bridgehead atoms. The number of rotatable bonds is 0. The largest absolute Gasteiger partial charge is 0.492 e. The Hall–Kier alpha value is -0.750. The van der Waals surface area contributed by atoms with Crippen LogP contribution in [0, 0.1) is 5.82 Å². The van der Waals surface area contributed by atoms with E-state index >= 15 is 0 Å². The van der Waals surface area contributed by atoms with Crippen molar-refractivity contribution in [1.82, 2.24) is 0 Å². The Balaban J connectivity index is 2.23. The van der Waals surface area contributed by atoms with Crippen molar-refractivity contribution in [2.24, 2.45) is 10.7 Å². The summed E-state index contributed by atoms with van der Waals surface area (Å²) in [5, 5.41) is 0.536. The number of hydrogen-bond donors (Lipinski definition) is 1. The van der Waals surface area contributed by atoms with Gasteiger partial charge in [-0.05, 0) is 34.5 Å². The minimum atomic E-state index is -0.545. The molecule has 2 heterocycles. The molecule has 0 amide bonds. The molecule has 18 heavy (non-hydrogen) atoms. The van der Waals surface area contributed by atoms with Gasteiger partial charge in [-0.25, -0.2) is 4.39 Å². The molecule has 0 aliphatic carbocycles. The lowest BCUT2D eigenvalue weighted by molar-refractivity contribution is 0.206. The summed E-state index contributed by atoms with van der Waals surface area (Å²) in [5.41, 5.74) is 5.83. The summed E-state index contributed by atoms with van der Waals surface area (Å²) < 4.78 is 20.6. The normalized spacial score (nSPS) is 26.4.